The van der Waals surface area contributed by atoms with Gasteiger partial charge < -0.3 is 20.4 Å². The lowest BCUT2D eigenvalue weighted by Crippen LogP contribution is -2.47. The molecule has 2 N–H and O–H groups in total. The number of ether oxygens (including phenoxy) is 1. The molecule has 0 bridgehead atoms. The number of hydroxylamine groups is 3. The standard InChI is InChI=1S/C19H28N2O5S/c1-19(2,3)14-5-6-15-13(9-14)10-21(25,18(15)24)8-7-20-16(22)11-27-12-17(23)26-4/h5-6,9,17,23H,7-8,10-12H2,1-4H3,(H,20,22). The maximum atomic E-state index is 13.0. The van der Waals surface area contributed by atoms with Crippen LogP contribution in [0.1, 0.15) is 42.3 Å². The third-order valence-corrected chi connectivity index (χ3v) is 5.55. The first-order valence-electron chi connectivity index (χ1n) is 8.88. The summed E-state index contributed by atoms with van der Waals surface area (Å²) in [6.45, 7) is 6.48. The molecule has 2 unspecified atom stereocenters. The van der Waals surface area contributed by atoms with Gasteiger partial charge in [0.25, 0.3) is 0 Å². The van der Waals surface area contributed by atoms with Gasteiger partial charge in [-0.2, -0.15) is 0 Å². The van der Waals surface area contributed by atoms with Crippen LogP contribution >= 0.6 is 11.8 Å². The predicted octanol–water partition coefficient (Wildman–Crippen LogP) is 1.77. The quantitative estimate of drug-likeness (QED) is 0.395. The molecular formula is C19H28N2O5S. The molecule has 8 heteroatoms. The number of rotatable bonds is 8. The van der Waals surface area contributed by atoms with Crippen LogP contribution in [0.25, 0.3) is 0 Å². The zero-order valence-electron chi connectivity index (χ0n) is 16.3. The second kappa shape index (κ2) is 8.70. The number of fused-ring (bicyclic) bond motifs is 1. The second-order valence-corrected chi connectivity index (χ2v) is 8.78. The Morgan fingerprint density at radius 3 is 2.78 bits per heavy atom. The van der Waals surface area contributed by atoms with E-state index in [-0.39, 0.29) is 42.5 Å². The highest BCUT2D eigenvalue weighted by Gasteiger charge is 2.39. The van der Waals surface area contributed by atoms with E-state index in [1.807, 2.05) is 12.1 Å². The average Bonchev–Trinajstić information content (AvgIpc) is 2.84. The van der Waals surface area contributed by atoms with Crippen molar-refractivity contribution in [3.8, 4) is 0 Å². The van der Waals surface area contributed by atoms with Crippen LogP contribution in [0.4, 0.5) is 0 Å². The molecule has 2 atom stereocenters. The van der Waals surface area contributed by atoms with Crippen molar-refractivity contribution in [3.63, 3.8) is 0 Å². The van der Waals surface area contributed by atoms with Crippen LogP contribution in [0.3, 0.4) is 0 Å². The molecule has 2 amide bonds. The van der Waals surface area contributed by atoms with Crippen molar-refractivity contribution in [2.24, 2.45) is 0 Å². The van der Waals surface area contributed by atoms with Crippen molar-refractivity contribution in [2.75, 3.05) is 31.7 Å². The second-order valence-electron chi connectivity index (χ2n) is 7.75. The third kappa shape index (κ3) is 5.52. The molecule has 150 valence electrons. The lowest BCUT2D eigenvalue weighted by atomic mass is 9.85. The summed E-state index contributed by atoms with van der Waals surface area (Å²) in [5, 5.41) is 24.9. The summed E-state index contributed by atoms with van der Waals surface area (Å²) < 4.78 is 3.71. The van der Waals surface area contributed by atoms with Crippen LogP contribution in [0.5, 0.6) is 0 Å². The van der Waals surface area contributed by atoms with Gasteiger partial charge >= 0.3 is 5.91 Å². The van der Waals surface area contributed by atoms with Gasteiger partial charge in [0, 0.05) is 18.4 Å². The molecule has 2 rings (SSSR count). The summed E-state index contributed by atoms with van der Waals surface area (Å²) in [5.74, 6) is -0.246. The van der Waals surface area contributed by atoms with Gasteiger partial charge in [-0.3, -0.25) is 9.44 Å². The number of nitrogens with one attached hydrogen (secondary N) is 1. The smallest absolute Gasteiger partial charge is 0.346 e. The van der Waals surface area contributed by atoms with E-state index in [1.165, 1.54) is 18.9 Å². The summed E-state index contributed by atoms with van der Waals surface area (Å²) in [6.07, 6.45) is -0.906. The molecule has 7 nitrogen and oxygen atoms in total. The highest BCUT2D eigenvalue weighted by atomic mass is 32.2. The fourth-order valence-corrected chi connectivity index (χ4v) is 3.64. The fraction of sp³-hybridized carbons (Fsp3) is 0.579. The maximum Gasteiger partial charge on any atom is 0.346 e. The van der Waals surface area contributed by atoms with E-state index >= 15 is 0 Å². The first kappa shape index (κ1) is 21.8. The highest BCUT2D eigenvalue weighted by Crippen LogP contribution is 2.32. The first-order chi connectivity index (χ1) is 12.6. The molecular weight excluding hydrogens is 368 g/mol. The fourth-order valence-electron chi connectivity index (χ4n) is 2.89. The Morgan fingerprint density at radius 2 is 2.15 bits per heavy atom. The normalized spacial score (nSPS) is 20.4. The SMILES string of the molecule is COC(O)CSCC(=O)NCC[N+]1([O-])Cc2cc(C(C)(C)C)ccc2C1=O. The monoisotopic (exact) mass is 396 g/mol. The summed E-state index contributed by atoms with van der Waals surface area (Å²) in [6, 6.07) is 5.59. The number of hydrogen-bond donors (Lipinski definition) is 2. The molecule has 0 spiro atoms. The largest absolute Gasteiger partial charge is 0.625 e. The number of amides is 2. The number of carbonyl (C=O) groups is 2. The van der Waals surface area contributed by atoms with Crippen molar-refractivity contribution < 1.29 is 24.1 Å². The van der Waals surface area contributed by atoms with Gasteiger partial charge in [0.05, 0.1) is 17.9 Å². The van der Waals surface area contributed by atoms with Crippen LogP contribution < -0.4 is 5.32 Å². The topological polar surface area (TPSA) is 98.7 Å². The van der Waals surface area contributed by atoms with Crippen molar-refractivity contribution in [1.29, 1.82) is 0 Å². The van der Waals surface area contributed by atoms with Gasteiger partial charge in [0.2, 0.25) is 5.91 Å². The molecule has 0 saturated heterocycles. The van der Waals surface area contributed by atoms with E-state index in [1.54, 1.807) is 6.07 Å². The number of aliphatic hydroxyl groups excluding tert-OH is 1. The molecule has 1 aromatic carbocycles. The zero-order chi connectivity index (χ0) is 20.2. The Labute approximate surface area is 164 Å². The minimum Gasteiger partial charge on any atom is -0.625 e. The molecule has 1 heterocycles. The van der Waals surface area contributed by atoms with Crippen molar-refractivity contribution in [3.05, 3.63) is 40.1 Å². The van der Waals surface area contributed by atoms with E-state index < -0.39 is 16.8 Å². The number of hydrogen-bond acceptors (Lipinski definition) is 6. The maximum absolute atomic E-state index is 13.0. The molecule has 1 aromatic rings. The molecule has 1 aliphatic rings. The molecule has 27 heavy (non-hydrogen) atoms. The van der Waals surface area contributed by atoms with E-state index in [0.717, 1.165) is 11.1 Å². The van der Waals surface area contributed by atoms with Crippen molar-refractivity contribution in [2.45, 2.75) is 39.0 Å². The molecule has 0 aromatic heterocycles. The van der Waals surface area contributed by atoms with Crippen LogP contribution in [-0.2, 0) is 21.5 Å². The third-order valence-electron chi connectivity index (χ3n) is 4.56. The van der Waals surface area contributed by atoms with Gasteiger partial charge in [-0.25, -0.2) is 4.79 Å². The van der Waals surface area contributed by atoms with E-state index in [9.17, 15) is 19.9 Å². The lowest BCUT2D eigenvalue weighted by molar-refractivity contribution is -0.806. The number of carbonyl (C=O) groups excluding carboxylic acids is 2. The van der Waals surface area contributed by atoms with Crippen molar-refractivity contribution in [1.82, 2.24) is 5.32 Å². The molecule has 0 aliphatic carbocycles. The van der Waals surface area contributed by atoms with Crippen LogP contribution in [0, 0.1) is 5.21 Å². The number of benzene rings is 1. The molecule has 0 radical (unpaired) electrons. The summed E-state index contributed by atoms with van der Waals surface area (Å²) in [7, 11) is 1.39. The molecule has 0 fully saturated rings. The Kier molecular flexibility index (Phi) is 7.04. The summed E-state index contributed by atoms with van der Waals surface area (Å²) in [4.78, 5) is 24.3. The predicted molar refractivity (Wildman–Crippen MR) is 105 cm³/mol. The Morgan fingerprint density at radius 1 is 1.44 bits per heavy atom. The van der Waals surface area contributed by atoms with Crippen LogP contribution in [0.15, 0.2) is 18.2 Å². The highest BCUT2D eigenvalue weighted by molar-refractivity contribution is 7.99. The van der Waals surface area contributed by atoms with Crippen LogP contribution in [-0.4, -0.2) is 59.6 Å². The number of thioether (sulfide) groups is 1. The Hall–Kier alpha value is -1.45. The van der Waals surface area contributed by atoms with Gasteiger partial charge in [0.1, 0.15) is 13.1 Å². The summed E-state index contributed by atoms with van der Waals surface area (Å²) in [5.41, 5.74) is 2.29. The van der Waals surface area contributed by atoms with E-state index in [2.05, 4.69) is 30.8 Å². The number of nitrogens with zero attached hydrogens (tertiary/aromatic N) is 1. The van der Waals surface area contributed by atoms with Crippen molar-refractivity contribution >= 4 is 23.6 Å². The van der Waals surface area contributed by atoms with E-state index in [0.29, 0.717) is 5.56 Å². The Bertz CT molecular complexity index is 704. The summed E-state index contributed by atoms with van der Waals surface area (Å²) >= 11 is 1.23. The van der Waals surface area contributed by atoms with Gasteiger partial charge in [-0.05, 0) is 23.1 Å². The van der Waals surface area contributed by atoms with Gasteiger partial charge in [-0.1, -0.05) is 26.8 Å². The first-order valence-corrected chi connectivity index (χ1v) is 10.0. The molecule has 1 aliphatic heterocycles. The Balaban J connectivity index is 1.88. The van der Waals surface area contributed by atoms with Gasteiger partial charge in [0.15, 0.2) is 6.29 Å². The minimum atomic E-state index is -0.973. The van der Waals surface area contributed by atoms with Crippen LogP contribution in [0.2, 0.25) is 0 Å². The number of methoxy groups -OCH3 is 1. The van der Waals surface area contributed by atoms with Gasteiger partial charge in [-0.15, -0.1) is 11.8 Å². The zero-order valence-corrected chi connectivity index (χ0v) is 17.1. The number of quaternary nitrogens is 1. The molecule has 0 saturated carbocycles. The number of aliphatic hydroxyl groups is 1. The van der Waals surface area contributed by atoms with E-state index in [4.69, 9.17) is 0 Å². The lowest BCUT2D eigenvalue weighted by Gasteiger charge is -2.35. The minimum absolute atomic E-state index is 0.00450. The average molecular weight is 397 g/mol.